The SMILES string of the molecule is CC(C)CC(C)CC(=O)N1C[C@@H]2C[C@H]1CN2C(=O)c1cccc(F)c1. The molecule has 0 N–H and O–H groups in total. The third-order valence-electron chi connectivity index (χ3n) is 5.29. The second kappa shape index (κ2) is 7.14. The van der Waals surface area contributed by atoms with Crippen LogP contribution in [-0.4, -0.2) is 46.8 Å². The highest BCUT2D eigenvalue weighted by atomic mass is 19.1. The summed E-state index contributed by atoms with van der Waals surface area (Å²) in [5, 5.41) is 0. The van der Waals surface area contributed by atoms with Crippen LogP contribution in [0.25, 0.3) is 0 Å². The average molecular weight is 346 g/mol. The molecule has 1 aromatic carbocycles. The van der Waals surface area contributed by atoms with Crippen molar-refractivity contribution in [1.29, 1.82) is 0 Å². The van der Waals surface area contributed by atoms with Gasteiger partial charge in [-0.15, -0.1) is 0 Å². The maximum Gasteiger partial charge on any atom is 0.254 e. The van der Waals surface area contributed by atoms with Gasteiger partial charge in [0, 0.05) is 25.1 Å². The molecule has 1 aromatic rings. The quantitative estimate of drug-likeness (QED) is 0.821. The van der Waals surface area contributed by atoms with Crippen LogP contribution in [0, 0.1) is 17.7 Å². The van der Waals surface area contributed by atoms with Crippen LogP contribution in [0.3, 0.4) is 0 Å². The number of benzene rings is 1. The Balaban J connectivity index is 1.59. The van der Waals surface area contributed by atoms with Crippen LogP contribution in [0.1, 0.15) is 50.4 Å². The summed E-state index contributed by atoms with van der Waals surface area (Å²) in [6, 6.07) is 6.00. The lowest BCUT2D eigenvalue weighted by molar-refractivity contribution is -0.134. The van der Waals surface area contributed by atoms with Gasteiger partial charge in [-0.1, -0.05) is 26.8 Å². The molecule has 0 spiro atoms. The predicted octanol–water partition coefficient (Wildman–Crippen LogP) is 3.32. The molecule has 2 aliphatic heterocycles. The van der Waals surface area contributed by atoms with E-state index in [2.05, 4.69) is 20.8 Å². The van der Waals surface area contributed by atoms with Crippen molar-refractivity contribution in [3.63, 3.8) is 0 Å². The summed E-state index contributed by atoms with van der Waals surface area (Å²) in [6.45, 7) is 7.65. The Morgan fingerprint density at radius 1 is 1.16 bits per heavy atom. The molecule has 5 heteroatoms. The third-order valence-corrected chi connectivity index (χ3v) is 5.29. The number of amides is 2. The number of nitrogens with zero attached hydrogens (tertiary/aromatic N) is 2. The maximum atomic E-state index is 13.4. The Morgan fingerprint density at radius 2 is 1.84 bits per heavy atom. The summed E-state index contributed by atoms with van der Waals surface area (Å²) in [5.74, 6) is 0.658. The first-order valence-electron chi connectivity index (χ1n) is 9.21. The molecule has 4 nitrogen and oxygen atoms in total. The first-order chi connectivity index (χ1) is 11.8. The zero-order chi connectivity index (χ0) is 18.1. The molecule has 0 aliphatic carbocycles. The van der Waals surface area contributed by atoms with Gasteiger partial charge in [0.25, 0.3) is 5.91 Å². The van der Waals surface area contributed by atoms with Gasteiger partial charge < -0.3 is 9.80 Å². The van der Waals surface area contributed by atoms with Crippen LogP contribution in [-0.2, 0) is 4.79 Å². The van der Waals surface area contributed by atoms with E-state index in [4.69, 9.17) is 0 Å². The number of fused-ring (bicyclic) bond motifs is 2. The minimum Gasteiger partial charge on any atom is -0.336 e. The van der Waals surface area contributed by atoms with Gasteiger partial charge in [-0.3, -0.25) is 9.59 Å². The smallest absolute Gasteiger partial charge is 0.254 e. The van der Waals surface area contributed by atoms with Gasteiger partial charge in [0.05, 0.1) is 12.1 Å². The Bertz CT molecular complexity index is 661. The summed E-state index contributed by atoms with van der Waals surface area (Å²) in [4.78, 5) is 29.0. The molecule has 2 fully saturated rings. The summed E-state index contributed by atoms with van der Waals surface area (Å²) >= 11 is 0. The summed E-state index contributed by atoms with van der Waals surface area (Å²) in [7, 11) is 0. The lowest BCUT2D eigenvalue weighted by Gasteiger charge is -2.35. The van der Waals surface area contributed by atoms with E-state index in [1.54, 1.807) is 17.0 Å². The number of carbonyl (C=O) groups is 2. The molecule has 3 atom stereocenters. The fraction of sp³-hybridized carbons (Fsp3) is 0.600. The van der Waals surface area contributed by atoms with E-state index in [-0.39, 0.29) is 23.9 Å². The average Bonchev–Trinajstić information content (AvgIpc) is 3.13. The molecule has 25 heavy (non-hydrogen) atoms. The van der Waals surface area contributed by atoms with Gasteiger partial charge in [-0.2, -0.15) is 0 Å². The normalized spacial score (nSPS) is 23.4. The van der Waals surface area contributed by atoms with Gasteiger partial charge in [-0.25, -0.2) is 4.39 Å². The molecule has 2 aliphatic rings. The third kappa shape index (κ3) is 3.86. The standard InChI is InChI=1S/C20H27FN2O2/c1-13(2)7-14(3)8-19(24)22-11-18-10-17(22)12-23(18)20(25)15-5-4-6-16(21)9-15/h4-6,9,13-14,17-18H,7-8,10-12H2,1-3H3/t14?,17-,18-/m0/s1. The van der Waals surface area contributed by atoms with Crippen LogP contribution in [0.2, 0.25) is 0 Å². The zero-order valence-electron chi connectivity index (χ0n) is 15.2. The van der Waals surface area contributed by atoms with Gasteiger partial charge in [-0.05, 0) is 42.9 Å². The van der Waals surface area contributed by atoms with Gasteiger partial charge >= 0.3 is 0 Å². The second-order valence-corrected chi connectivity index (χ2v) is 8.00. The number of hydrogen-bond acceptors (Lipinski definition) is 2. The molecule has 3 rings (SSSR count). The van der Waals surface area contributed by atoms with Crippen molar-refractivity contribution in [3.05, 3.63) is 35.6 Å². The fourth-order valence-electron chi connectivity index (χ4n) is 4.31. The van der Waals surface area contributed by atoms with E-state index < -0.39 is 5.82 Å². The second-order valence-electron chi connectivity index (χ2n) is 8.00. The topological polar surface area (TPSA) is 40.6 Å². The van der Waals surface area contributed by atoms with E-state index in [1.807, 2.05) is 4.90 Å². The van der Waals surface area contributed by atoms with Crippen molar-refractivity contribution in [2.45, 2.75) is 52.1 Å². The van der Waals surface area contributed by atoms with E-state index >= 15 is 0 Å². The molecule has 2 saturated heterocycles. The molecule has 0 saturated carbocycles. The monoisotopic (exact) mass is 346 g/mol. The van der Waals surface area contributed by atoms with Crippen molar-refractivity contribution < 1.29 is 14.0 Å². The van der Waals surface area contributed by atoms with Crippen LogP contribution in [0.4, 0.5) is 4.39 Å². The number of hydrogen-bond donors (Lipinski definition) is 0. The van der Waals surface area contributed by atoms with Crippen molar-refractivity contribution in [2.75, 3.05) is 13.1 Å². The molecule has 0 aromatic heterocycles. The number of carbonyl (C=O) groups excluding carboxylic acids is 2. The molecule has 0 radical (unpaired) electrons. The summed E-state index contributed by atoms with van der Waals surface area (Å²) in [6.07, 6.45) is 2.47. The molecular formula is C20H27FN2O2. The van der Waals surface area contributed by atoms with E-state index in [0.717, 1.165) is 12.8 Å². The lowest BCUT2D eigenvalue weighted by atomic mass is 9.95. The number of likely N-dealkylation sites (tertiary alicyclic amines) is 2. The Labute approximate surface area is 149 Å². The highest BCUT2D eigenvalue weighted by Crippen LogP contribution is 2.33. The van der Waals surface area contributed by atoms with Crippen molar-refractivity contribution in [3.8, 4) is 0 Å². The van der Waals surface area contributed by atoms with E-state index in [9.17, 15) is 14.0 Å². The first kappa shape index (κ1) is 17.9. The predicted molar refractivity (Wildman–Crippen MR) is 94.6 cm³/mol. The molecule has 2 amide bonds. The Morgan fingerprint density at radius 3 is 2.44 bits per heavy atom. The van der Waals surface area contributed by atoms with Gasteiger partial charge in [0.15, 0.2) is 0 Å². The van der Waals surface area contributed by atoms with Crippen molar-refractivity contribution in [2.24, 2.45) is 11.8 Å². The van der Waals surface area contributed by atoms with Gasteiger partial charge in [0.1, 0.15) is 5.82 Å². The number of piperazine rings is 1. The molecular weight excluding hydrogens is 319 g/mol. The Kier molecular flexibility index (Phi) is 5.11. The minimum atomic E-state index is -0.397. The summed E-state index contributed by atoms with van der Waals surface area (Å²) < 4.78 is 13.4. The minimum absolute atomic E-state index is 0.0603. The molecule has 1 unspecified atom stereocenters. The maximum absolute atomic E-state index is 13.4. The van der Waals surface area contributed by atoms with E-state index in [1.165, 1.54) is 12.1 Å². The van der Waals surface area contributed by atoms with Crippen molar-refractivity contribution >= 4 is 11.8 Å². The molecule has 136 valence electrons. The molecule has 2 heterocycles. The van der Waals surface area contributed by atoms with Crippen LogP contribution < -0.4 is 0 Å². The number of halogens is 1. The highest BCUT2D eigenvalue weighted by Gasteiger charge is 2.47. The van der Waals surface area contributed by atoms with E-state index in [0.29, 0.717) is 36.9 Å². The van der Waals surface area contributed by atoms with Crippen molar-refractivity contribution in [1.82, 2.24) is 9.80 Å². The van der Waals surface area contributed by atoms with Crippen LogP contribution in [0.15, 0.2) is 24.3 Å². The Hall–Kier alpha value is -1.91. The van der Waals surface area contributed by atoms with Crippen LogP contribution in [0.5, 0.6) is 0 Å². The zero-order valence-corrected chi connectivity index (χ0v) is 15.2. The van der Waals surface area contributed by atoms with Gasteiger partial charge in [0.2, 0.25) is 5.91 Å². The first-order valence-corrected chi connectivity index (χ1v) is 9.21. The number of rotatable bonds is 5. The highest BCUT2D eigenvalue weighted by molar-refractivity contribution is 5.95. The molecule has 2 bridgehead atoms. The lowest BCUT2D eigenvalue weighted by Crippen LogP contribution is -2.50. The summed E-state index contributed by atoms with van der Waals surface area (Å²) in [5.41, 5.74) is 0.385. The van der Waals surface area contributed by atoms with Crippen LogP contribution >= 0.6 is 0 Å². The largest absolute Gasteiger partial charge is 0.336 e. The fourth-order valence-corrected chi connectivity index (χ4v) is 4.31.